The fraction of sp³-hybridized carbons (Fsp3) is 0.158. The molecule has 0 aliphatic carbocycles. The topological polar surface area (TPSA) is 63.6 Å². The van der Waals surface area contributed by atoms with Crippen LogP contribution in [0.4, 0.5) is 0 Å². The molecule has 24 heavy (non-hydrogen) atoms. The first-order valence-corrected chi connectivity index (χ1v) is 7.77. The van der Waals surface area contributed by atoms with Gasteiger partial charge in [-0.05, 0) is 47.9 Å². The Kier molecular flexibility index (Phi) is 6.15. The van der Waals surface area contributed by atoms with Crippen molar-refractivity contribution in [1.29, 1.82) is 0 Å². The summed E-state index contributed by atoms with van der Waals surface area (Å²) >= 11 is 5.42. The van der Waals surface area contributed by atoms with Crippen molar-refractivity contribution in [3.05, 3.63) is 70.8 Å². The van der Waals surface area contributed by atoms with E-state index in [2.05, 4.69) is 0 Å². The van der Waals surface area contributed by atoms with Crippen LogP contribution in [0.3, 0.4) is 0 Å². The van der Waals surface area contributed by atoms with Gasteiger partial charge in [-0.2, -0.15) is 0 Å². The van der Waals surface area contributed by atoms with Crippen LogP contribution < -0.4 is 0 Å². The smallest absolute Gasteiger partial charge is 0.341 e. The van der Waals surface area contributed by atoms with Crippen LogP contribution in [-0.4, -0.2) is 22.9 Å². The first kappa shape index (κ1) is 17.8. The minimum Gasteiger partial charge on any atom is -0.507 e. The number of para-hydroxylation sites is 1. The van der Waals surface area contributed by atoms with Gasteiger partial charge in [0.1, 0.15) is 11.3 Å². The number of phenols is 1. The first-order valence-electron chi connectivity index (χ1n) is 7.39. The van der Waals surface area contributed by atoms with Gasteiger partial charge in [-0.1, -0.05) is 36.4 Å². The zero-order valence-corrected chi connectivity index (χ0v) is 13.9. The second kappa shape index (κ2) is 8.31. The van der Waals surface area contributed by atoms with Gasteiger partial charge in [0, 0.05) is 12.0 Å². The van der Waals surface area contributed by atoms with E-state index in [9.17, 15) is 14.7 Å². The van der Waals surface area contributed by atoms with Gasteiger partial charge in [-0.15, -0.1) is 0 Å². The van der Waals surface area contributed by atoms with Gasteiger partial charge in [0.2, 0.25) is 5.24 Å². The molecule has 0 saturated heterocycles. The molecule has 0 atom stereocenters. The molecule has 124 valence electrons. The summed E-state index contributed by atoms with van der Waals surface area (Å²) < 4.78 is 5.18. The van der Waals surface area contributed by atoms with Gasteiger partial charge >= 0.3 is 5.97 Å². The molecule has 0 bridgehead atoms. The summed E-state index contributed by atoms with van der Waals surface area (Å²) in [7, 11) is 0. The van der Waals surface area contributed by atoms with Gasteiger partial charge in [-0.25, -0.2) is 4.79 Å². The van der Waals surface area contributed by atoms with Crippen molar-refractivity contribution in [3.63, 3.8) is 0 Å². The number of carbonyl (C=O) groups excluding carboxylic acids is 2. The molecule has 0 fully saturated rings. The lowest BCUT2D eigenvalue weighted by Crippen LogP contribution is -2.08. The molecule has 0 saturated carbocycles. The number of esters is 1. The highest BCUT2D eigenvalue weighted by Crippen LogP contribution is 2.17. The van der Waals surface area contributed by atoms with E-state index in [-0.39, 0.29) is 17.9 Å². The number of carbonyl (C=O) groups is 2. The predicted octanol–water partition coefficient (Wildman–Crippen LogP) is 3.96. The number of hydrogen-bond acceptors (Lipinski definition) is 4. The second-order valence-corrected chi connectivity index (χ2v) is 5.59. The fourth-order valence-electron chi connectivity index (χ4n) is 2.13. The quantitative estimate of drug-likeness (QED) is 0.489. The van der Waals surface area contributed by atoms with Crippen LogP contribution >= 0.6 is 11.6 Å². The third-order valence-electron chi connectivity index (χ3n) is 3.39. The van der Waals surface area contributed by atoms with Crippen LogP contribution in [0.2, 0.25) is 0 Å². The summed E-state index contributed by atoms with van der Waals surface area (Å²) in [6.45, 7) is 1.84. The highest BCUT2D eigenvalue weighted by molar-refractivity contribution is 6.68. The molecular weight excluding hydrogens is 328 g/mol. The number of halogens is 1. The molecule has 2 aromatic carbocycles. The highest BCUT2D eigenvalue weighted by Gasteiger charge is 2.11. The molecule has 5 heteroatoms. The Morgan fingerprint density at radius 2 is 1.92 bits per heavy atom. The van der Waals surface area contributed by atoms with E-state index >= 15 is 0 Å². The standard InChI is InChI=1S/C19H17ClO4/c1-13(18(20)22)11-15-6-4-5-14(12-15)9-10-24-19(23)16-7-2-3-8-17(16)21/h2-8,11-12,21H,9-10H2,1H3/b13-11-. The van der Waals surface area contributed by atoms with Crippen molar-refractivity contribution in [3.8, 4) is 5.75 Å². The highest BCUT2D eigenvalue weighted by atomic mass is 35.5. The molecule has 0 heterocycles. The van der Waals surface area contributed by atoms with Crippen molar-refractivity contribution in [2.45, 2.75) is 13.3 Å². The number of benzene rings is 2. The zero-order valence-electron chi connectivity index (χ0n) is 13.2. The maximum absolute atomic E-state index is 11.9. The number of allylic oxidation sites excluding steroid dienone is 1. The third-order valence-corrected chi connectivity index (χ3v) is 3.69. The van der Waals surface area contributed by atoms with Crippen molar-refractivity contribution in [2.24, 2.45) is 0 Å². The average Bonchev–Trinajstić information content (AvgIpc) is 2.55. The lowest BCUT2D eigenvalue weighted by Gasteiger charge is -2.07. The molecule has 0 aromatic heterocycles. The molecule has 0 radical (unpaired) electrons. The summed E-state index contributed by atoms with van der Waals surface area (Å²) in [4.78, 5) is 23.0. The Morgan fingerprint density at radius 3 is 2.62 bits per heavy atom. The predicted molar refractivity (Wildman–Crippen MR) is 93.0 cm³/mol. The maximum Gasteiger partial charge on any atom is 0.341 e. The zero-order chi connectivity index (χ0) is 17.5. The van der Waals surface area contributed by atoms with E-state index in [4.69, 9.17) is 16.3 Å². The molecule has 1 N–H and O–H groups in total. The SMILES string of the molecule is C/C(=C/c1cccc(CCOC(=O)c2ccccc2O)c1)C(=O)Cl. The summed E-state index contributed by atoms with van der Waals surface area (Å²) in [5, 5.41) is 9.13. The van der Waals surface area contributed by atoms with Crippen LogP contribution in [0.25, 0.3) is 6.08 Å². The number of rotatable bonds is 6. The molecule has 0 unspecified atom stereocenters. The third kappa shape index (κ3) is 4.96. The van der Waals surface area contributed by atoms with E-state index in [1.54, 1.807) is 25.1 Å². The summed E-state index contributed by atoms with van der Waals surface area (Å²) in [5.74, 6) is -0.663. The second-order valence-electron chi connectivity index (χ2n) is 5.25. The number of phenolic OH excluding ortho intramolecular Hbond substituents is 1. The molecule has 0 spiro atoms. The molecule has 2 rings (SSSR count). The first-order chi connectivity index (χ1) is 11.5. The van der Waals surface area contributed by atoms with Crippen LogP contribution in [0.1, 0.15) is 28.4 Å². The van der Waals surface area contributed by atoms with E-state index in [0.717, 1.165) is 11.1 Å². The van der Waals surface area contributed by atoms with Crippen molar-refractivity contribution < 1.29 is 19.4 Å². The van der Waals surface area contributed by atoms with Gasteiger partial charge < -0.3 is 9.84 Å². The number of aromatic hydroxyl groups is 1. The van der Waals surface area contributed by atoms with Crippen LogP contribution in [0.15, 0.2) is 54.1 Å². The Bertz CT molecular complexity index is 780. The van der Waals surface area contributed by atoms with E-state index in [0.29, 0.717) is 12.0 Å². The van der Waals surface area contributed by atoms with E-state index < -0.39 is 11.2 Å². The average molecular weight is 345 g/mol. The number of ether oxygens (including phenoxy) is 1. The lowest BCUT2D eigenvalue weighted by molar-refractivity contribution is -0.108. The van der Waals surface area contributed by atoms with Crippen molar-refractivity contribution >= 4 is 28.9 Å². The Hall–Kier alpha value is -2.59. The van der Waals surface area contributed by atoms with Crippen LogP contribution in [0, 0.1) is 0 Å². The maximum atomic E-state index is 11.9. The van der Waals surface area contributed by atoms with Gasteiger partial charge in [0.25, 0.3) is 0 Å². The van der Waals surface area contributed by atoms with Crippen molar-refractivity contribution in [2.75, 3.05) is 6.61 Å². The van der Waals surface area contributed by atoms with E-state index in [1.807, 2.05) is 24.3 Å². The molecular formula is C19H17ClO4. The van der Waals surface area contributed by atoms with Gasteiger partial charge in [0.05, 0.1) is 6.61 Å². The fourth-order valence-corrected chi connectivity index (χ4v) is 2.19. The molecule has 2 aromatic rings. The molecule has 4 nitrogen and oxygen atoms in total. The Morgan fingerprint density at radius 1 is 1.17 bits per heavy atom. The molecule has 0 aliphatic rings. The van der Waals surface area contributed by atoms with E-state index in [1.165, 1.54) is 12.1 Å². The number of hydrogen-bond donors (Lipinski definition) is 1. The van der Waals surface area contributed by atoms with Crippen LogP contribution in [-0.2, 0) is 16.0 Å². The summed E-state index contributed by atoms with van der Waals surface area (Å²) in [5.41, 5.74) is 2.42. The monoisotopic (exact) mass is 344 g/mol. The Labute approximate surface area is 145 Å². The lowest BCUT2D eigenvalue weighted by atomic mass is 10.1. The minimum absolute atomic E-state index is 0.101. The van der Waals surface area contributed by atoms with Crippen molar-refractivity contribution in [1.82, 2.24) is 0 Å². The van der Waals surface area contributed by atoms with Crippen LogP contribution in [0.5, 0.6) is 5.75 Å². The summed E-state index contributed by atoms with van der Waals surface area (Å²) in [6, 6.07) is 13.8. The molecule has 0 aliphatic heterocycles. The molecule has 0 amide bonds. The van der Waals surface area contributed by atoms with Gasteiger partial charge in [0.15, 0.2) is 0 Å². The normalized spacial score (nSPS) is 11.2. The summed E-state index contributed by atoms with van der Waals surface area (Å²) in [6.07, 6.45) is 2.22. The van der Waals surface area contributed by atoms with Gasteiger partial charge in [-0.3, -0.25) is 4.79 Å². The largest absolute Gasteiger partial charge is 0.507 e. The minimum atomic E-state index is -0.562. The Balaban J connectivity index is 1.96.